The lowest BCUT2D eigenvalue weighted by Gasteiger charge is -2.52. The summed E-state index contributed by atoms with van der Waals surface area (Å²) in [5, 5.41) is 113. The lowest BCUT2D eigenvalue weighted by atomic mass is 9.54. The Balaban J connectivity index is 0.944. The van der Waals surface area contributed by atoms with E-state index in [1.165, 1.54) is 39.2 Å². The molecule has 92 heavy (non-hydrogen) atoms. The maximum atomic E-state index is 14.5. The molecule has 518 valence electrons. The molecule has 27 nitrogen and oxygen atoms in total. The quantitative estimate of drug-likeness (QED) is 0.0570. The first-order valence-corrected chi connectivity index (χ1v) is 32.2. The molecule has 9 unspecified atom stereocenters. The van der Waals surface area contributed by atoms with Crippen LogP contribution in [0, 0.1) is 41.4 Å². The second-order valence-corrected chi connectivity index (χ2v) is 27.7. The van der Waals surface area contributed by atoms with E-state index in [-0.39, 0.29) is 80.8 Å². The molecule has 16 N–H and O–H groups in total. The zero-order chi connectivity index (χ0) is 68.7. The predicted octanol–water partition coefficient (Wildman–Crippen LogP) is 2.33. The number of rotatable bonds is 18. The number of benzene rings is 1. The van der Waals surface area contributed by atoms with Crippen LogP contribution in [0.25, 0.3) is 5.76 Å². The number of hydrogen-bond donors (Lipinski definition) is 14. The molecule has 0 spiro atoms. The van der Waals surface area contributed by atoms with Crippen molar-refractivity contribution in [2.75, 3.05) is 26.7 Å². The minimum absolute atomic E-state index is 0.00872. The summed E-state index contributed by atoms with van der Waals surface area (Å²) < 4.78 is 44.2. The van der Waals surface area contributed by atoms with E-state index in [0.717, 1.165) is 0 Å². The number of alkyl carbamates (subject to hydrolysis) is 1. The predicted molar refractivity (Wildman–Crippen MR) is 329 cm³/mol. The molecule has 3 amide bonds. The smallest absolute Gasteiger partial charge is 0.407 e. The number of ether oxygens (including phenoxy) is 7. The van der Waals surface area contributed by atoms with Crippen LogP contribution in [-0.2, 0) is 62.7 Å². The van der Waals surface area contributed by atoms with E-state index < -0.39 is 189 Å². The summed E-state index contributed by atoms with van der Waals surface area (Å²) in [5.74, 6) is -13.8. The summed E-state index contributed by atoms with van der Waals surface area (Å²) in [7, 11) is 1.44. The molecule has 27 heteroatoms. The summed E-state index contributed by atoms with van der Waals surface area (Å²) >= 11 is 0. The van der Waals surface area contributed by atoms with E-state index in [2.05, 4.69) is 16.0 Å². The molecule has 24 atom stereocenters. The molecule has 3 heterocycles. The van der Waals surface area contributed by atoms with Gasteiger partial charge in [-0.3, -0.25) is 24.0 Å². The number of aliphatic hydroxyl groups excluding tert-OH is 4. The van der Waals surface area contributed by atoms with Crippen LogP contribution in [0.15, 0.2) is 35.1 Å². The van der Waals surface area contributed by atoms with Gasteiger partial charge in [0.15, 0.2) is 30.1 Å². The highest BCUT2D eigenvalue weighted by Gasteiger charge is 2.66. The summed E-state index contributed by atoms with van der Waals surface area (Å²) in [5.41, 5.74) is 0.665. The molecule has 1 aromatic rings. The van der Waals surface area contributed by atoms with Gasteiger partial charge in [0.2, 0.25) is 11.7 Å². The Morgan fingerprint density at radius 2 is 1.48 bits per heavy atom. The van der Waals surface area contributed by atoms with Crippen LogP contribution in [0.2, 0.25) is 0 Å². The molecular weight excluding hydrogens is 1200 g/mol. The molecule has 1 aromatic carbocycles. The van der Waals surface area contributed by atoms with Crippen molar-refractivity contribution in [3.05, 3.63) is 46.2 Å². The molecule has 3 aliphatic carbocycles. The Morgan fingerprint density at radius 1 is 0.804 bits per heavy atom. The van der Waals surface area contributed by atoms with Crippen LogP contribution in [0.3, 0.4) is 0 Å². The number of hydrogen-bond acceptors (Lipinski definition) is 24. The second kappa shape index (κ2) is 28.9. The highest BCUT2D eigenvalue weighted by Crippen LogP contribution is 2.57. The molecule has 4 fully saturated rings. The molecule has 0 aromatic heterocycles. The molecular formula is C65H101N5O22. The fourth-order valence-corrected chi connectivity index (χ4v) is 15.2. The van der Waals surface area contributed by atoms with Crippen molar-refractivity contribution in [2.24, 2.45) is 52.9 Å². The first-order chi connectivity index (χ1) is 42.8. The zero-order valence-electron chi connectivity index (χ0n) is 55.2. The molecule has 6 aliphatic rings. The number of nitrogens with two attached hydrogens (primary N) is 2. The third-order valence-electron chi connectivity index (χ3n) is 20.7. The number of nitrogens with one attached hydrogen (secondary N) is 3. The number of ketones is 2. The number of Topliss-reactive ketones (excluding diaryl/α,β-unsaturated/α-hetero) is 2. The van der Waals surface area contributed by atoms with Crippen LogP contribution in [-0.4, -0.2) is 204 Å². The van der Waals surface area contributed by atoms with E-state index in [1.807, 2.05) is 20.8 Å². The van der Waals surface area contributed by atoms with Crippen molar-refractivity contribution < 1.29 is 108 Å². The van der Waals surface area contributed by atoms with Crippen molar-refractivity contribution in [3.63, 3.8) is 0 Å². The number of primary amides is 1. The van der Waals surface area contributed by atoms with Gasteiger partial charge < -0.3 is 107 Å². The van der Waals surface area contributed by atoms with Gasteiger partial charge in [0.1, 0.15) is 46.3 Å². The van der Waals surface area contributed by atoms with Gasteiger partial charge >= 0.3 is 12.1 Å². The molecule has 1 saturated carbocycles. The maximum absolute atomic E-state index is 14.5. The van der Waals surface area contributed by atoms with E-state index in [1.54, 1.807) is 48.5 Å². The lowest BCUT2D eigenvalue weighted by Crippen LogP contribution is -2.67. The minimum atomic E-state index is -2.97. The fourth-order valence-electron chi connectivity index (χ4n) is 15.2. The number of esters is 1. The fraction of sp³-hybridized carbons (Fsp3) is 0.754. The average Bonchev–Trinajstić information content (AvgIpc) is 0.692. The number of unbranched alkanes of at least 4 members (excludes halogenated alkanes) is 2. The minimum Gasteiger partial charge on any atom is -0.508 e. The Labute approximate surface area is 537 Å². The SMILES string of the molecule is CC[C@H]1OC(=O)[C@H](C)[C@@H](OC2CC(C)(OC)C(OC(=O)NCCCCCC(=O)NCCN[C@@H]3C(=O)C(C(N)=O)=C(O)[C@@]4(O)C(=O)C5=C(O)c6c(O)cccc6[C@@](C)(O)[C@H]5C[C@@H]34)C(C)O2)C(C)[C@@H](OC2OC(C)CC(C)C2O)[C@](C)(O)C[C@@H](C)[C@H](N)[C@H](C)[C@@H](O)[C@]1(C)O. The largest absolute Gasteiger partial charge is 0.508 e. The van der Waals surface area contributed by atoms with Gasteiger partial charge in [-0.2, -0.15) is 0 Å². The second-order valence-electron chi connectivity index (χ2n) is 27.7. The number of aliphatic hydroxyl groups is 8. The Morgan fingerprint density at radius 3 is 2.12 bits per heavy atom. The molecule has 0 radical (unpaired) electrons. The van der Waals surface area contributed by atoms with Crippen LogP contribution < -0.4 is 27.4 Å². The van der Waals surface area contributed by atoms with Gasteiger partial charge in [-0.1, -0.05) is 53.2 Å². The van der Waals surface area contributed by atoms with E-state index in [9.17, 15) is 74.7 Å². The van der Waals surface area contributed by atoms with Gasteiger partial charge in [0, 0.05) is 74.9 Å². The van der Waals surface area contributed by atoms with Gasteiger partial charge in [-0.05, 0) is 110 Å². The number of cyclic esters (lactones) is 1. The van der Waals surface area contributed by atoms with Crippen molar-refractivity contribution in [1.82, 2.24) is 16.0 Å². The first-order valence-electron chi connectivity index (χ1n) is 32.2. The Bertz CT molecular complexity index is 2940. The molecule has 7 rings (SSSR count). The number of carbonyl (C=O) groups is 6. The van der Waals surface area contributed by atoms with Crippen molar-refractivity contribution >= 4 is 41.2 Å². The third-order valence-corrected chi connectivity index (χ3v) is 20.7. The number of fused-ring (bicyclic) bond motifs is 3. The number of methoxy groups -OCH3 is 1. The Kier molecular flexibility index (Phi) is 23.2. The van der Waals surface area contributed by atoms with Crippen molar-refractivity contribution in [3.8, 4) is 5.75 Å². The van der Waals surface area contributed by atoms with Gasteiger partial charge in [0.05, 0.1) is 59.2 Å². The summed E-state index contributed by atoms with van der Waals surface area (Å²) in [6, 6.07) is 1.77. The summed E-state index contributed by atoms with van der Waals surface area (Å²) in [4.78, 5) is 81.6. The molecule has 3 saturated heterocycles. The van der Waals surface area contributed by atoms with Crippen molar-refractivity contribution in [2.45, 2.75) is 242 Å². The third kappa shape index (κ3) is 14.5. The van der Waals surface area contributed by atoms with E-state index in [4.69, 9.17) is 44.6 Å². The Hall–Kier alpha value is -5.40. The van der Waals surface area contributed by atoms with Crippen LogP contribution in [0.1, 0.15) is 152 Å². The monoisotopic (exact) mass is 1300 g/mol. The van der Waals surface area contributed by atoms with Crippen LogP contribution >= 0.6 is 0 Å². The van der Waals surface area contributed by atoms with Gasteiger partial charge in [-0.15, -0.1) is 0 Å². The number of phenolic OH excluding ortho intramolecular Hbond substituents is 1. The summed E-state index contributed by atoms with van der Waals surface area (Å²) in [6.07, 6.45) is -9.76. The number of carbonyl (C=O) groups excluding carboxylic acids is 6. The van der Waals surface area contributed by atoms with Gasteiger partial charge in [0.25, 0.3) is 5.91 Å². The zero-order valence-corrected chi connectivity index (χ0v) is 55.2. The van der Waals surface area contributed by atoms with Crippen molar-refractivity contribution in [1.29, 1.82) is 0 Å². The number of amides is 3. The van der Waals surface area contributed by atoms with Gasteiger partial charge in [-0.25, -0.2) is 4.79 Å². The van der Waals surface area contributed by atoms with Crippen LogP contribution in [0.4, 0.5) is 4.79 Å². The van der Waals surface area contributed by atoms with Crippen LogP contribution in [0.5, 0.6) is 5.75 Å². The molecule has 0 bridgehead atoms. The highest BCUT2D eigenvalue weighted by molar-refractivity contribution is 6.24. The van der Waals surface area contributed by atoms with E-state index >= 15 is 0 Å². The number of phenols is 1. The maximum Gasteiger partial charge on any atom is 0.407 e. The number of aromatic hydroxyl groups is 1. The highest BCUT2D eigenvalue weighted by atomic mass is 16.7. The topological polar surface area (TPSA) is 437 Å². The molecule has 3 aliphatic heterocycles. The lowest BCUT2D eigenvalue weighted by molar-refractivity contribution is -0.317. The van der Waals surface area contributed by atoms with E-state index in [0.29, 0.717) is 25.7 Å². The standard InChI is InChI=1S/C65H101N5O22/c1-14-40-64(12,84)52(76)32(5)46(66)30(3)27-61(9,82)55(91-59-48(73)29(2)25-31(4)87-59)33(6)51(34(7)58(80)89-40)90-42-28-62(10,86-13)56(35(8)88-42)92-60(81)70-22-17-15-16-21-41(72)68-23-24-69-47-38-26-37-44(49(74)43-36(63(37,11)83)19-18-20-39(43)71)53(77)65(38,85)54(78)45(50(47)75)57(67)79/h18-20,29-35,37-38,40,42,46-48,51-52,55-56,59,69,71,73-74,76,78,82-85H,14-17,21-28,66H2,1-13H3,(H2,67,79)(H,68,72)(H,70,81)/t29?,30-,31?,32+,33?,34-,35?,37+,38+,40-,42?,46+,47+,48?,51+,52-,55-,56?,59?,61-,62?,63-,64-,65+/m1/s1. The normalized spacial score (nSPS) is 41.3. The average molecular weight is 1300 g/mol. The first kappa shape index (κ1) is 74.0. The summed E-state index contributed by atoms with van der Waals surface area (Å²) in [6.45, 7) is 19.9.